The number of carbonyl (C=O) groups is 1. The van der Waals surface area contributed by atoms with Crippen LogP contribution >= 0.6 is 11.8 Å². The van der Waals surface area contributed by atoms with Crippen molar-refractivity contribution in [1.82, 2.24) is 19.8 Å². The lowest BCUT2D eigenvalue weighted by Crippen LogP contribution is -2.47. The van der Waals surface area contributed by atoms with Gasteiger partial charge < -0.3 is 10.1 Å². The molecule has 0 bridgehead atoms. The Hall–Kier alpha value is -2.61. The van der Waals surface area contributed by atoms with E-state index in [4.69, 9.17) is 4.74 Å². The van der Waals surface area contributed by atoms with Crippen molar-refractivity contribution in [3.63, 3.8) is 0 Å². The van der Waals surface area contributed by atoms with E-state index < -0.39 is 0 Å². The van der Waals surface area contributed by atoms with Gasteiger partial charge in [0.05, 0.1) is 18.5 Å². The number of morpholine rings is 1. The van der Waals surface area contributed by atoms with Gasteiger partial charge in [0.2, 0.25) is 5.91 Å². The second kappa shape index (κ2) is 10.8. The van der Waals surface area contributed by atoms with Crippen LogP contribution < -0.4 is 5.32 Å². The first-order valence-corrected chi connectivity index (χ1v) is 11.9. The van der Waals surface area contributed by atoms with E-state index in [2.05, 4.69) is 71.5 Å². The van der Waals surface area contributed by atoms with E-state index in [1.807, 2.05) is 16.8 Å². The molecule has 3 aromatic rings. The van der Waals surface area contributed by atoms with Gasteiger partial charge in [0.25, 0.3) is 0 Å². The molecule has 168 valence electrons. The molecule has 1 atom stereocenters. The summed E-state index contributed by atoms with van der Waals surface area (Å²) in [7, 11) is 0. The average molecular weight is 451 g/mol. The quantitative estimate of drug-likeness (QED) is 0.532. The monoisotopic (exact) mass is 450 g/mol. The number of imidazole rings is 1. The highest BCUT2D eigenvalue weighted by molar-refractivity contribution is 7.99. The highest BCUT2D eigenvalue weighted by Gasteiger charge is 2.21. The summed E-state index contributed by atoms with van der Waals surface area (Å²) < 4.78 is 7.90. The fourth-order valence-corrected chi connectivity index (χ4v) is 4.78. The highest BCUT2D eigenvalue weighted by Crippen LogP contribution is 2.22. The van der Waals surface area contributed by atoms with Crippen molar-refractivity contribution in [1.29, 1.82) is 0 Å². The molecular formula is C25H30N4O2S. The Balaban J connectivity index is 1.25. The van der Waals surface area contributed by atoms with Crippen molar-refractivity contribution in [3.05, 3.63) is 77.6 Å². The predicted molar refractivity (Wildman–Crippen MR) is 128 cm³/mol. The summed E-state index contributed by atoms with van der Waals surface area (Å²) in [5.74, 6) is 0.316. The van der Waals surface area contributed by atoms with Crippen molar-refractivity contribution in [3.8, 4) is 5.69 Å². The molecule has 1 N–H and O–H groups in total. The van der Waals surface area contributed by atoms with Crippen LogP contribution in [0.4, 0.5) is 0 Å². The Morgan fingerprint density at radius 1 is 1.19 bits per heavy atom. The lowest BCUT2D eigenvalue weighted by atomic mass is 10.1. The van der Waals surface area contributed by atoms with Crippen LogP contribution in [0.15, 0.2) is 66.1 Å². The van der Waals surface area contributed by atoms with Crippen molar-refractivity contribution in [2.75, 3.05) is 32.0 Å². The molecule has 2 heterocycles. The number of aromatic nitrogens is 2. The molecule has 1 aliphatic rings. The number of rotatable bonds is 8. The second-order valence-corrected chi connectivity index (χ2v) is 9.17. The van der Waals surface area contributed by atoms with Gasteiger partial charge in [-0.2, -0.15) is 0 Å². The van der Waals surface area contributed by atoms with Crippen LogP contribution in [0.25, 0.3) is 5.69 Å². The first-order valence-electron chi connectivity index (χ1n) is 11.0. The van der Waals surface area contributed by atoms with Crippen LogP contribution in [-0.2, 0) is 16.1 Å². The van der Waals surface area contributed by atoms with E-state index in [1.165, 1.54) is 28.5 Å². The van der Waals surface area contributed by atoms with E-state index in [-0.39, 0.29) is 12.0 Å². The maximum absolute atomic E-state index is 12.5. The smallest absolute Gasteiger partial charge is 0.230 e. The Labute approximate surface area is 194 Å². The number of thioether (sulfide) groups is 1. The van der Waals surface area contributed by atoms with Gasteiger partial charge in [0.1, 0.15) is 0 Å². The zero-order chi connectivity index (χ0) is 22.3. The van der Waals surface area contributed by atoms with Crippen LogP contribution in [0.3, 0.4) is 0 Å². The van der Waals surface area contributed by atoms with Gasteiger partial charge in [-0.1, -0.05) is 48.2 Å². The Morgan fingerprint density at radius 2 is 1.97 bits per heavy atom. The fraction of sp³-hybridized carbons (Fsp3) is 0.360. The maximum atomic E-state index is 12.5. The Bertz CT molecular complexity index is 1020. The van der Waals surface area contributed by atoms with Crippen molar-refractivity contribution in [2.45, 2.75) is 31.7 Å². The summed E-state index contributed by atoms with van der Waals surface area (Å²) >= 11 is 1.45. The number of carbonyl (C=O) groups excluding carboxylic acids is 1. The minimum Gasteiger partial charge on any atom is -0.374 e. The summed E-state index contributed by atoms with van der Waals surface area (Å²) in [6.07, 6.45) is 3.72. The third-order valence-electron chi connectivity index (χ3n) is 5.42. The molecule has 1 amide bonds. The topological polar surface area (TPSA) is 59.4 Å². The summed E-state index contributed by atoms with van der Waals surface area (Å²) in [5.41, 5.74) is 4.78. The lowest BCUT2D eigenvalue weighted by Gasteiger charge is -2.33. The van der Waals surface area contributed by atoms with E-state index in [9.17, 15) is 4.79 Å². The number of amides is 1. The second-order valence-electron chi connectivity index (χ2n) is 8.23. The number of nitrogens with one attached hydrogen (secondary N) is 1. The van der Waals surface area contributed by atoms with Gasteiger partial charge in [-0.05, 0) is 42.7 Å². The summed E-state index contributed by atoms with van der Waals surface area (Å²) in [6.45, 7) is 8.02. The number of nitrogens with zero attached hydrogens (tertiary/aromatic N) is 3. The minimum atomic E-state index is -0.00578. The molecule has 1 saturated heterocycles. The number of hydrogen-bond donors (Lipinski definition) is 1. The molecule has 1 aromatic heterocycles. The van der Waals surface area contributed by atoms with Crippen molar-refractivity contribution >= 4 is 17.7 Å². The first-order chi connectivity index (χ1) is 15.6. The number of aryl methyl sites for hydroxylation is 2. The van der Waals surface area contributed by atoms with Gasteiger partial charge in [-0.15, -0.1) is 0 Å². The maximum Gasteiger partial charge on any atom is 0.230 e. The molecule has 32 heavy (non-hydrogen) atoms. The minimum absolute atomic E-state index is 0.00578. The third kappa shape index (κ3) is 6.22. The predicted octanol–water partition coefficient (Wildman–Crippen LogP) is 3.60. The van der Waals surface area contributed by atoms with Gasteiger partial charge >= 0.3 is 0 Å². The lowest BCUT2D eigenvalue weighted by molar-refractivity contribution is -0.119. The molecule has 0 spiro atoms. The fourth-order valence-electron chi connectivity index (χ4n) is 3.98. The van der Waals surface area contributed by atoms with Gasteiger partial charge in [0, 0.05) is 44.3 Å². The Morgan fingerprint density at radius 3 is 2.75 bits per heavy atom. The molecular weight excluding hydrogens is 420 g/mol. The van der Waals surface area contributed by atoms with E-state index >= 15 is 0 Å². The molecule has 6 nitrogen and oxygen atoms in total. The molecule has 1 unspecified atom stereocenters. The van der Waals surface area contributed by atoms with Gasteiger partial charge in [-0.25, -0.2) is 4.98 Å². The largest absolute Gasteiger partial charge is 0.374 e. The molecule has 7 heteroatoms. The third-order valence-corrected chi connectivity index (χ3v) is 6.39. The number of hydrogen-bond acceptors (Lipinski definition) is 5. The van der Waals surface area contributed by atoms with Gasteiger partial charge in [-0.3, -0.25) is 14.3 Å². The van der Waals surface area contributed by atoms with Crippen LogP contribution in [0.2, 0.25) is 0 Å². The molecule has 0 radical (unpaired) electrons. The molecule has 1 aliphatic heterocycles. The first kappa shape index (κ1) is 22.6. The van der Waals surface area contributed by atoms with E-state index in [1.54, 1.807) is 6.20 Å². The van der Waals surface area contributed by atoms with Crippen LogP contribution in [-0.4, -0.2) is 58.5 Å². The highest BCUT2D eigenvalue weighted by atomic mass is 32.2. The van der Waals surface area contributed by atoms with Crippen LogP contribution in [0.5, 0.6) is 0 Å². The van der Waals surface area contributed by atoms with Crippen molar-refractivity contribution < 1.29 is 9.53 Å². The molecule has 1 fully saturated rings. The van der Waals surface area contributed by atoms with E-state index in [0.29, 0.717) is 18.9 Å². The molecule has 4 rings (SSSR count). The zero-order valence-corrected chi connectivity index (χ0v) is 19.5. The van der Waals surface area contributed by atoms with Gasteiger partial charge in [0.15, 0.2) is 5.16 Å². The molecule has 0 saturated carbocycles. The van der Waals surface area contributed by atoms with Crippen molar-refractivity contribution in [2.24, 2.45) is 0 Å². The number of ether oxygens (including phenoxy) is 1. The normalized spacial score (nSPS) is 16.8. The zero-order valence-electron chi connectivity index (χ0n) is 18.7. The summed E-state index contributed by atoms with van der Waals surface area (Å²) in [6, 6.07) is 16.9. The summed E-state index contributed by atoms with van der Waals surface area (Å²) in [4.78, 5) is 19.3. The van der Waals surface area contributed by atoms with Crippen LogP contribution in [0, 0.1) is 13.8 Å². The van der Waals surface area contributed by atoms with Crippen LogP contribution in [0.1, 0.15) is 16.7 Å². The molecule has 0 aliphatic carbocycles. The van der Waals surface area contributed by atoms with E-state index in [0.717, 1.165) is 30.5 Å². The Kier molecular flexibility index (Phi) is 7.63. The number of benzene rings is 2. The SMILES string of the molecule is Cc1cc(C)cc(-n2ccnc2SCC(=O)NCC2CN(Cc3ccccc3)CCO2)c1. The summed E-state index contributed by atoms with van der Waals surface area (Å²) in [5, 5.41) is 3.84. The average Bonchev–Trinajstić information content (AvgIpc) is 3.25. The standard InChI is InChI=1S/C25H30N4O2S/c1-19-12-20(2)14-22(13-19)29-9-8-26-25(29)32-18-24(30)27-15-23-17-28(10-11-31-23)16-21-6-4-3-5-7-21/h3-9,12-14,23H,10-11,15-18H2,1-2H3,(H,27,30). The molecule has 2 aromatic carbocycles.